The van der Waals surface area contributed by atoms with E-state index in [4.69, 9.17) is 54.9 Å². The molecule has 13 N–H and O–H groups in total. The molecule has 0 aromatic heterocycles. The number of phosphoric ester groups is 5. The summed E-state index contributed by atoms with van der Waals surface area (Å²) in [5.74, 6) is -2.46. The van der Waals surface area contributed by atoms with Crippen LogP contribution in [-0.2, 0) is 116 Å². The SMILES string of the molecule is C/C(CCNC(=O)C(O)C(C)(C)COP(=O)(O)OC(C)(C)C)=N\OC(C)(C)C.C/C(CCNC(=O)CCNC(=O)C(O)C(C)(C)COP(=O)(O)OC(C)(C)C)=N\OC(C)(C)C.CC(C)(C)CCC(=O)CCCC(=O)C(O)C(C)(C)COP(=O)(O)OC(C)(C)C.CC(C)(C)CCCC(=O)C(O)C(C)(C)COP(=O)(O)OC(C)(C)C.CC(C)(C)CCCC(=O)CCCC(=O)C(O)C(C)(C)COP(=O)(O)OC(C)(C)C. The van der Waals surface area contributed by atoms with Crippen LogP contribution in [0.3, 0.4) is 0 Å². The number of rotatable bonds is 57. The third-order valence-corrected chi connectivity index (χ3v) is 25.1. The van der Waals surface area contributed by atoms with E-state index >= 15 is 0 Å². The van der Waals surface area contributed by atoms with Crippen LogP contribution < -0.4 is 16.0 Å². The van der Waals surface area contributed by atoms with Gasteiger partial charge in [-0.25, -0.2) is 22.8 Å². The zero-order chi connectivity index (χ0) is 113. The standard InChI is InChI=1S/C21H42N3O8P.C21H41O7P.C20H39O7P.C18H37N2O7P.C17H35O6P/c1-15(24-31-19(2,3)4)10-12-22-16(25)11-13-23-18(27)17(26)21(8,9)14-30-33(28,29)32-20(5,6)7;1-19(2,3)14-10-12-16(22)11-9-13-17(23)18(24)21(7,8)15-27-29(25,26)28-20(4,5)6;1-18(2,3)13-12-15(21)10-9-11-16(22)17(23)20(7,8)14-26-28(24,25)27-19(4,5)6;1-13(20-26-16(2,3)4)10-11-19-15(22)14(21)18(8,9)12-25-28(23,24)27-17(5,6)7;1-15(2,3)11-9-10-13(18)14(19)17(7,8)12-22-24(20,21)23-16(4,5)6/h17,26H,10-14H2,1-9H3,(H,22,25)(H,23,27)(H,28,29);18,24H,9-15H2,1-8H3,(H,25,26);17,23H,9-14H2,1-8H3,(H,24,25);14,21H,10-12H2,1-9H3,(H,19,22)(H,23,24);14,19H,9-12H2,1-8H3,(H,20,21)/b24-15+;;;20-13+;. The second-order valence-corrected chi connectivity index (χ2v) is 56.9. The van der Waals surface area contributed by atoms with E-state index in [1.54, 1.807) is 173 Å². The molecule has 45 heteroatoms. The van der Waals surface area contributed by atoms with Crippen molar-refractivity contribution in [1.82, 2.24) is 16.0 Å². The summed E-state index contributed by atoms with van der Waals surface area (Å²) < 4.78 is 110. The second kappa shape index (κ2) is 61.5. The minimum absolute atomic E-state index is 0.0184. The van der Waals surface area contributed by atoms with Crippen LogP contribution in [0.4, 0.5) is 0 Å². The van der Waals surface area contributed by atoms with Crippen LogP contribution in [0, 0.1) is 43.3 Å². The highest BCUT2D eigenvalue weighted by Crippen LogP contribution is 2.53. The van der Waals surface area contributed by atoms with E-state index in [-0.39, 0.29) is 110 Å². The Kier molecular flexibility index (Phi) is 63.5. The molecule has 0 aliphatic heterocycles. The monoisotopic (exact) mass is 2140 g/mol. The molecule has 0 aromatic carbocycles. The van der Waals surface area contributed by atoms with Gasteiger partial charge in [-0.15, -0.1) is 0 Å². The van der Waals surface area contributed by atoms with Gasteiger partial charge in [0.2, 0.25) is 17.7 Å². The van der Waals surface area contributed by atoms with Gasteiger partial charge in [0, 0.05) is 111 Å². The molecule has 0 aliphatic carbocycles. The van der Waals surface area contributed by atoms with Crippen molar-refractivity contribution < 1.29 is 166 Å². The molecule has 0 radical (unpaired) electrons. The number of carbonyl (C=O) groups is 8. The van der Waals surface area contributed by atoms with Gasteiger partial charge >= 0.3 is 39.1 Å². The molecule has 40 nitrogen and oxygen atoms in total. The normalized spacial score (nSPS) is 16.6. The third-order valence-electron chi connectivity index (χ3n) is 18.9. The summed E-state index contributed by atoms with van der Waals surface area (Å²) in [4.78, 5) is 156. The summed E-state index contributed by atoms with van der Waals surface area (Å²) in [6.07, 6.45) is 1.000. The van der Waals surface area contributed by atoms with Gasteiger partial charge in [0.05, 0.1) is 72.5 Å². The highest BCUT2D eigenvalue weighted by atomic mass is 31.2. The summed E-state index contributed by atoms with van der Waals surface area (Å²) in [5.41, 5.74) is -8.70. The lowest BCUT2D eigenvalue weighted by Crippen LogP contribution is -2.46. The van der Waals surface area contributed by atoms with Crippen molar-refractivity contribution in [3.05, 3.63) is 0 Å². The zero-order valence-corrected chi connectivity index (χ0v) is 98.8. The van der Waals surface area contributed by atoms with Gasteiger partial charge in [0.25, 0.3) is 0 Å². The molecule has 0 aliphatic rings. The maximum absolute atomic E-state index is 12.3. The second-order valence-electron chi connectivity index (χ2n) is 50.0. The van der Waals surface area contributed by atoms with Gasteiger partial charge in [-0.1, -0.05) is 142 Å². The van der Waals surface area contributed by atoms with Gasteiger partial charge in [0.1, 0.15) is 53.3 Å². The molecule has 0 heterocycles. The van der Waals surface area contributed by atoms with Crippen molar-refractivity contribution in [3.8, 4) is 0 Å². The molecule has 0 fully saturated rings. The third kappa shape index (κ3) is 82.9. The van der Waals surface area contributed by atoms with Crippen LogP contribution in [0.15, 0.2) is 10.3 Å². The number of carbonyl (C=O) groups excluding carboxylic acids is 8. The van der Waals surface area contributed by atoms with Crippen molar-refractivity contribution in [2.45, 2.75) is 470 Å². The number of ketones is 5. The van der Waals surface area contributed by atoms with Crippen LogP contribution in [0.25, 0.3) is 0 Å². The lowest BCUT2D eigenvalue weighted by Gasteiger charge is -2.31. The van der Waals surface area contributed by atoms with Crippen LogP contribution in [0.1, 0.15) is 400 Å². The maximum atomic E-state index is 12.3. The number of aliphatic hydroxyl groups is 5. The number of Topliss-reactive ketones (excluding diaryl/α,β-unsaturated/α-hetero) is 5. The van der Waals surface area contributed by atoms with E-state index in [1.165, 1.54) is 13.8 Å². The molecule has 0 spiro atoms. The quantitative estimate of drug-likeness (QED) is 0.0153. The maximum Gasteiger partial charge on any atom is 0.472 e. The fourth-order valence-corrected chi connectivity index (χ4v) is 17.3. The minimum Gasteiger partial charge on any atom is -0.390 e. The molecule has 0 saturated heterocycles. The zero-order valence-electron chi connectivity index (χ0n) is 94.4. The van der Waals surface area contributed by atoms with Crippen molar-refractivity contribution in [2.24, 2.45) is 53.6 Å². The molecule has 0 saturated carbocycles. The number of hydrogen-bond donors (Lipinski definition) is 13. The van der Waals surface area contributed by atoms with Crippen LogP contribution in [-0.4, -0.2) is 230 Å². The Morgan fingerprint density at radius 1 is 0.261 bits per heavy atom. The molecule has 842 valence electrons. The van der Waals surface area contributed by atoms with Crippen LogP contribution >= 0.6 is 39.1 Å². The van der Waals surface area contributed by atoms with Gasteiger partial charge in [-0.2, -0.15) is 0 Å². The fourth-order valence-electron chi connectivity index (χ4n) is 11.1. The number of nitrogens with zero attached hydrogens (tertiary/aromatic N) is 2. The fraction of sp³-hybridized carbons (Fsp3) is 0.897. The van der Waals surface area contributed by atoms with E-state index in [9.17, 15) is 111 Å². The van der Waals surface area contributed by atoms with Crippen LogP contribution in [0.5, 0.6) is 0 Å². The molecular formula is C97H194N5O35P5. The summed E-state index contributed by atoms with van der Waals surface area (Å²) in [6.45, 7) is 72.7. The van der Waals surface area contributed by atoms with Crippen molar-refractivity contribution in [2.75, 3.05) is 52.7 Å². The Balaban J connectivity index is -0.000000553. The lowest BCUT2D eigenvalue weighted by atomic mass is 9.83. The van der Waals surface area contributed by atoms with E-state index < -0.39 is 160 Å². The number of amides is 3. The van der Waals surface area contributed by atoms with Crippen molar-refractivity contribution in [1.29, 1.82) is 0 Å². The first-order chi connectivity index (χ1) is 62.7. The van der Waals surface area contributed by atoms with Crippen molar-refractivity contribution >= 4 is 97.2 Å². The molecule has 0 bridgehead atoms. The van der Waals surface area contributed by atoms with Gasteiger partial charge in [-0.3, -0.25) is 83.6 Å². The van der Waals surface area contributed by atoms with Gasteiger partial charge in [-0.05, 0) is 220 Å². The first-order valence-electron chi connectivity index (χ1n) is 48.4. The summed E-state index contributed by atoms with van der Waals surface area (Å²) >= 11 is 0. The van der Waals surface area contributed by atoms with Gasteiger partial charge in [0.15, 0.2) is 17.3 Å². The highest BCUT2D eigenvalue weighted by Gasteiger charge is 2.45. The first-order valence-corrected chi connectivity index (χ1v) is 55.9. The predicted molar refractivity (Wildman–Crippen MR) is 551 cm³/mol. The van der Waals surface area contributed by atoms with Crippen molar-refractivity contribution in [3.63, 3.8) is 0 Å². The van der Waals surface area contributed by atoms with E-state index in [2.05, 4.69) is 88.6 Å². The Morgan fingerprint density at radius 2 is 0.465 bits per heavy atom. The minimum atomic E-state index is -4.36. The average molecular weight is 2150 g/mol. The summed E-state index contributed by atoms with van der Waals surface area (Å²) in [5, 5.41) is 67.3. The number of oxime groups is 2. The Labute approximate surface area is 850 Å². The van der Waals surface area contributed by atoms with E-state index in [0.29, 0.717) is 70.0 Å². The lowest BCUT2D eigenvalue weighted by molar-refractivity contribution is -0.137. The largest absolute Gasteiger partial charge is 0.472 e. The summed E-state index contributed by atoms with van der Waals surface area (Å²) in [7, 11) is -21.5. The number of hydrogen-bond acceptors (Lipinski definition) is 32. The molecule has 3 amide bonds. The first kappa shape index (κ1) is 146. The Morgan fingerprint density at radius 3 is 0.697 bits per heavy atom. The summed E-state index contributed by atoms with van der Waals surface area (Å²) in [6, 6.07) is 0. The Bertz CT molecular complexity index is 4140. The number of nitrogens with one attached hydrogen (secondary N) is 3. The van der Waals surface area contributed by atoms with Gasteiger partial charge < -0.3 is 75.6 Å². The highest BCUT2D eigenvalue weighted by molar-refractivity contribution is 7.48. The van der Waals surface area contributed by atoms with E-state index in [1.807, 2.05) is 41.5 Å². The molecule has 142 heavy (non-hydrogen) atoms. The number of aliphatic hydroxyl groups excluding tert-OH is 5. The molecule has 0 rings (SSSR count). The van der Waals surface area contributed by atoms with Crippen LogP contribution in [0.2, 0.25) is 0 Å². The molecule has 0 aromatic rings. The molecule has 10 unspecified atom stereocenters. The smallest absolute Gasteiger partial charge is 0.390 e. The van der Waals surface area contributed by atoms with E-state index in [0.717, 1.165) is 31.4 Å². The Hall–Kier alpha value is -3.95. The predicted octanol–water partition coefficient (Wildman–Crippen LogP) is 18.9. The topological polar surface area (TPSA) is 596 Å². The molecule has 10 atom stereocenters. The molecular weight excluding hydrogens is 1950 g/mol. The number of phosphoric acid groups is 5. The average Bonchev–Trinajstić information content (AvgIpc) is 0.851.